The molecule has 2 aromatic carbocycles. The van der Waals surface area contributed by atoms with Gasteiger partial charge in [0.1, 0.15) is 0 Å². The van der Waals surface area contributed by atoms with Gasteiger partial charge in [0, 0.05) is 28.0 Å². The molecule has 3 aromatic rings. The number of hydrogen-bond acceptors (Lipinski definition) is 1. The first-order valence-corrected chi connectivity index (χ1v) is 7.64. The van der Waals surface area contributed by atoms with Crippen LogP contribution >= 0.6 is 0 Å². The van der Waals surface area contributed by atoms with Crippen molar-refractivity contribution in [2.24, 2.45) is 0 Å². The van der Waals surface area contributed by atoms with Crippen molar-refractivity contribution in [1.82, 2.24) is 15.2 Å². The van der Waals surface area contributed by atoms with E-state index in [2.05, 4.69) is 22.4 Å². The number of hydrogen-bond donors (Lipinski definition) is 2. The Morgan fingerprint density at radius 1 is 1.00 bits per heavy atom. The lowest BCUT2D eigenvalue weighted by Gasteiger charge is -2.21. The summed E-state index contributed by atoms with van der Waals surface area (Å²) in [6.07, 6.45) is 1.80. The average Bonchev–Trinajstić information content (AvgIpc) is 2.91. The number of aromatic amines is 1. The fraction of sp³-hybridized carbons (Fsp3) is 0.105. The van der Waals surface area contributed by atoms with E-state index in [0.717, 1.165) is 32.7 Å². The van der Waals surface area contributed by atoms with Crippen molar-refractivity contribution in [2.75, 3.05) is 0 Å². The van der Waals surface area contributed by atoms with E-state index in [9.17, 15) is 4.79 Å². The van der Waals surface area contributed by atoms with Gasteiger partial charge in [-0.25, -0.2) is 4.79 Å². The molecule has 0 aliphatic carbocycles. The van der Waals surface area contributed by atoms with Crippen molar-refractivity contribution < 1.29 is 4.79 Å². The number of amides is 2. The lowest BCUT2D eigenvalue weighted by atomic mass is 10.2. The van der Waals surface area contributed by atoms with Crippen molar-refractivity contribution in [2.45, 2.75) is 13.5 Å². The van der Waals surface area contributed by atoms with Crippen LogP contribution in [0.5, 0.6) is 0 Å². The summed E-state index contributed by atoms with van der Waals surface area (Å²) in [7, 11) is 0. The van der Waals surface area contributed by atoms with Crippen LogP contribution in [0.25, 0.3) is 22.8 Å². The van der Waals surface area contributed by atoms with Crippen LogP contribution in [0.2, 0.25) is 0 Å². The first kappa shape index (κ1) is 13.6. The summed E-state index contributed by atoms with van der Waals surface area (Å²) in [5.41, 5.74) is 3.09. The molecule has 2 N–H and O–H groups in total. The van der Waals surface area contributed by atoms with Gasteiger partial charge < -0.3 is 10.3 Å². The van der Waals surface area contributed by atoms with Crippen molar-refractivity contribution in [3.8, 4) is 0 Å². The Kier molecular flexibility index (Phi) is 3.15. The largest absolute Gasteiger partial charge is 0.353 e. The molecule has 1 aliphatic heterocycles. The van der Waals surface area contributed by atoms with Gasteiger partial charge in [0.05, 0.1) is 11.9 Å². The number of nitrogens with zero attached hydrogens (tertiary/aromatic N) is 1. The summed E-state index contributed by atoms with van der Waals surface area (Å²) >= 11 is 0. The number of H-pyrrole nitrogens is 1. The molecule has 4 heteroatoms. The highest BCUT2D eigenvalue weighted by molar-refractivity contribution is 5.89. The highest BCUT2D eigenvalue weighted by Gasteiger charge is 2.19. The summed E-state index contributed by atoms with van der Waals surface area (Å²) in [6, 6.07) is 18.0. The molecule has 2 heterocycles. The van der Waals surface area contributed by atoms with Crippen molar-refractivity contribution in [1.29, 1.82) is 0 Å². The van der Waals surface area contributed by atoms with Gasteiger partial charge in [0.25, 0.3) is 0 Å². The van der Waals surface area contributed by atoms with Crippen LogP contribution in [0.1, 0.15) is 12.5 Å². The van der Waals surface area contributed by atoms with E-state index in [1.165, 1.54) is 0 Å². The third-order valence-corrected chi connectivity index (χ3v) is 4.28. The minimum atomic E-state index is -0.111. The standard InChI is InChI=1S/C19H17N3O/c1-13-18-16(15-9-5-6-10-17(15)21-18)11-20-19(23)22(13)12-14-7-3-2-4-8-14/h2-11,21H,12H2,1H3,(H,20,23). The third kappa shape index (κ3) is 2.28. The number of fused-ring (bicyclic) bond motifs is 3. The number of para-hydroxylation sites is 1. The number of carbonyl (C=O) groups is 1. The summed E-state index contributed by atoms with van der Waals surface area (Å²) in [5.74, 6) is 0. The van der Waals surface area contributed by atoms with Gasteiger partial charge in [0.2, 0.25) is 0 Å². The molecule has 0 spiro atoms. The van der Waals surface area contributed by atoms with E-state index in [0.29, 0.717) is 6.54 Å². The molecule has 0 saturated carbocycles. The predicted molar refractivity (Wildman–Crippen MR) is 91.6 cm³/mol. The first-order valence-electron chi connectivity index (χ1n) is 7.64. The lowest BCUT2D eigenvalue weighted by molar-refractivity contribution is 0.221. The summed E-state index contributed by atoms with van der Waals surface area (Å²) in [6.45, 7) is 2.52. The second-order valence-electron chi connectivity index (χ2n) is 5.71. The first-order chi connectivity index (χ1) is 11.2. The van der Waals surface area contributed by atoms with Crippen LogP contribution in [-0.4, -0.2) is 15.9 Å². The van der Waals surface area contributed by atoms with Gasteiger partial charge in [-0.05, 0) is 18.6 Å². The number of urea groups is 1. The highest BCUT2D eigenvalue weighted by atomic mass is 16.2. The van der Waals surface area contributed by atoms with Gasteiger partial charge in [-0.15, -0.1) is 0 Å². The van der Waals surface area contributed by atoms with Gasteiger partial charge >= 0.3 is 6.03 Å². The van der Waals surface area contributed by atoms with Crippen LogP contribution < -0.4 is 15.9 Å². The lowest BCUT2D eigenvalue weighted by Crippen LogP contribution is -2.36. The minimum Gasteiger partial charge on any atom is -0.353 e. The molecule has 4 rings (SSSR count). The molecular weight excluding hydrogens is 286 g/mol. The molecule has 1 aromatic heterocycles. The molecule has 2 amide bonds. The molecule has 0 atom stereocenters. The Labute approximate surface area is 133 Å². The molecule has 114 valence electrons. The fourth-order valence-electron chi connectivity index (χ4n) is 3.05. The number of nitrogens with one attached hydrogen (secondary N) is 2. The fourth-order valence-corrected chi connectivity index (χ4v) is 3.05. The van der Waals surface area contributed by atoms with Gasteiger partial charge in [-0.3, -0.25) is 4.90 Å². The zero-order chi connectivity index (χ0) is 15.8. The molecule has 0 fully saturated rings. The van der Waals surface area contributed by atoms with Gasteiger partial charge in [-0.1, -0.05) is 48.5 Å². The Bertz CT molecular complexity index is 1000. The van der Waals surface area contributed by atoms with E-state index in [4.69, 9.17) is 0 Å². The van der Waals surface area contributed by atoms with Crippen molar-refractivity contribution >= 4 is 28.8 Å². The van der Waals surface area contributed by atoms with Crippen LogP contribution in [0.3, 0.4) is 0 Å². The smallest absolute Gasteiger partial charge is 0.325 e. The zero-order valence-corrected chi connectivity index (χ0v) is 12.8. The zero-order valence-electron chi connectivity index (χ0n) is 12.8. The summed E-state index contributed by atoms with van der Waals surface area (Å²) in [4.78, 5) is 17.7. The number of benzene rings is 2. The summed E-state index contributed by atoms with van der Waals surface area (Å²) in [5, 5.41) is 6.03. The molecule has 23 heavy (non-hydrogen) atoms. The molecule has 0 saturated heterocycles. The topological polar surface area (TPSA) is 48.1 Å². The van der Waals surface area contributed by atoms with E-state index < -0.39 is 0 Å². The van der Waals surface area contributed by atoms with Crippen LogP contribution in [-0.2, 0) is 6.54 Å². The maximum absolute atomic E-state index is 12.5. The second-order valence-corrected chi connectivity index (χ2v) is 5.71. The average molecular weight is 303 g/mol. The predicted octanol–water partition coefficient (Wildman–Crippen LogP) is 2.26. The minimum absolute atomic E-state index is 0.111. The SMILES string of the molecule is CC1=c2[nH]c3ccccc3c2=CNC(=O)N1Cc1ccccc1. The molecule has 0 bridgehead atoms. The monoisotopic (exact) mass is 303 g/mol. The van der Waals surface area contributed by atoms with E-state index >= 15 is 0 Å². The Hall–Kier alpha value is -3.01. The van der Waals surface area contributed by atoms with E-state index in [1.54, 1.807) is 11.1 Å². The second kappa shape index (κ2) is 5.32. The summed E-state index contributed by atoms with van der Waals surface area (Å²) < 4.78 is 0. The number of carbonyl (C=O) groups excluding carboxylic acids is 1. The molecule has 1 aliphatic rings. The molecular formula is C19H17N3O. The Balaban J connectivity index is 1.90. The van der Waals surface area contributed by atoms with E-state index in [1.807, 2.05) is 49.4 Å². The van der Waals surface area contributed by atoms with Crippen molar-refractivity contribution in [3.05, 3.63) is 70.7 Å². The third-order valence-electron chi connectivity index (χ3n) is 4.28. The Morgan fingerprint density at radius 2 is 1.74 bits per heavy atom. The van der Waals surface area contributed by atoms with Crippen molar-refractivity contribution in [3.63, 3.8) is 0 Å². The Morgan fingerprint density at radius 3 is 2.57 bits per heavy atom. The molecule has 0 radical (unpaired) electrons. The quantitative estimate of drug-likeness (QED) is 0.749. The van der Waals surface area contributed by atoms with Gasteiger partial charge in [0.15, 0.2) is 0 Å². The number of rotatable bonds is 2. The van der Waals surface area contributed by atoms with E-state index in [-0.39, 0.29) is 6.03 Å². The van der Waals surface area contributed by atoms with Crippen LogP contribution in [0.15, 0.2) is 54.6 Å². The molecule has 4 nitrogen and oxygen atoms in total. The van der Waals surface area contributed by atoms with Crippen LogP contribution in [0, 0.1) is 0 Å². The van der Waals surface area contributed by atoms with Gasteiger partial charge in [-0.2, -0.15) is 0 Å². The normalized spacial score (nSPS) is 14.2. The molecule has 0 unspecified atom stereocenters. The number of aromatic nitrogens is 1. The maximum atomic E-state index is 12.5. The van der Waals surface area contributed by atoms with Crippen LogP contribution in [0.4, 0.5) is 4.79 Å². The maximum Gasteiger partial charge on any atom is 0.325 e. The highest BCUT2D eigenvalue weighted by Crippen LogP contribution is 2.13.